The minimum atomic E-state index is -0.0811. The third-order valence-electron chi connectivity index (χ3n) is 3.97. The highest BCUT2D eigenvalue weighted by Gasteiger charge is 2.24. The van der Waals surface area contributed by atoms with Gasteiger partial charge in [-0.25, -0.2) is 4.98 Å². The molecule has 0 saturated heterocycles. The number of aliphatic imine (C=N–C) groups is 1. The van der Waals surface area contributed by atoms with Crippen molar-refractivity contribution in [2.75, 3.05) is 0 Å². The summed E-state index contributed by atoms with van der Waals surface area (Å²) < 4.78 is 2.06. The van der Waals surface area contributed by atoms with Gasteiger partial charge in [-0.1, -0.05) is 41.4 Å². The largest absolute Gasteiger partial charge is 0.301 e. The van der Waals surface area contributed by atoms with E-state index in [4.69, 9.17) is 28.2 Å². The lowest BCUT2D eigenvalue weighted by Gasteiger charge is -2.13. The van der Waals surface area contributed by atoms with E-state index < -0.39 is 0 Å². The van der Waals surface area contributed by atoms with Crippen molar-refractivity contribution in [3.8, 4) is 5.69 Å². The first-order valence-electron chi connectivity index (χ1n) is 7.31. The van der Waals surface area contributed by atoms with Gasteiger partial charge in [-0.05, 0) is 31.2 Å². The molecule has 4 rings (SSSR count). The molecule has 1 aromatic heterocycles. The van der Waals surface area contributed by atoms with Crippen LogP contribution in [0.5, 0.6) is 0 Å². The fourth-order valence-electron chi connectivity index (χ4n) is 2.92. The van der Waals surface area contributed by atoms with Crippen molar-refractivity contribution in [1.29, 1.82) is 0 Å². The molecule has 0 bridgehead atoms. The van der Waals surface area contributed by atoms with Gasteiger partial charge in [0.1, 0.15) is 11.9 Å². The van der Waals surface area contributed by atoms with E-state index in [2.05, 4.69) is 9.55 Å². The van der Waals surface area contributed by atoms with E-state index in [1.165, 1.54) is 0 Å². The fourth-order valence-corrected chi connectivity index (χ4v) is 3.32. The van der Waals surface area contributed by atoms with Crippen molar-refractivity contribution in [3.63, 3.8) is 0 Å². The maximum absolute atomic E-state index is 6.41. The van der Waals surface area contributed by atoms with Crippen LogP contribution in [0.1, 0.15) is 29.9 Å². The molecule has 0 aliphatic carbocycles. The van der Waals surface area contributed by atoms with Crippen LogP contribution in [0, 0.1) is 0 Å². The third kappa shape index (κ3) is 2.37. The predicted octanol–water partition coefficient (Wildman–Crippen LogP) is 5.09. The van der Waals surface area contributed by atoms with Crippen LogP contribution >= 0.6 is 23.2 Å². The predicted molar refractivity (Wildman–Crippen MR) is 94.1 cm³/mol. The quantitative estimate of drug-likeness (QED) is 0.606. The normalized spacial score (nSPS) is 16.3. The minimum absolute atomic E-state index is 0.0811. The first-order valence-corrected chi connectivity index (χ1v) is 8.07. The first kappa shape index (κ1) is 14.5. The zero-order valence-electron chi connectivity index (χ0n) is 12.4. The summed E-state index contributed by atoms with van der Waals surface area (Å²) in [5, 5.41) is 1.34. The van der Waals surface area contributed by atoms with Crippen LogP contribution < -0.4 is 0 Å². The Morgan fingerprint density at radius 1 is 1.04 bits per heavy atom. The summed E-state index contributed by atoms with van der Waals surface area (Å²) in [6.07, 6.45) is 3.74. The smallest absolute Gasteiger partial charge is 0.137 e. The SMILES string of the molecule is CC1N=C(c2ccccc2Cl)c2cc(Cl)ccc2-n2ccnc21. The van der Waals surface area contributed by atoms with Gasteiger partial charge in [-0.15, -0.1) is 0 Å². The summed E-state index contributed by atoms with van der Waals surface area (Å²) in [4.78, 5) is 9.35. The Bertz CT molecular complexity index is 928. The Hall–Kier alpha value is -2.10. The van der Waals surface area contributed by atoms with E-state index in [0.717, 1.165) is 28.4 Å². The molecule has 0 fully saturated rings. The average molecular weight is 342 g/mol. The number of fused-ring (bicyclic) bond motifs is 3. The van der Waals surface area contributed by atoms with Gasteiger partial charge >= 0.3 is 0 Å². The maximum atomic E-state index is 6.41. The molecular weight excluding hydrogens is 329 g/mol. The Morgan fingerprint density at radius 3 is 2.70 bits per heavy atom. The van der Waals surface area contributed by atoms with Crippen molar-refractivity contribution < 1.29 is 0 Å². The summed E-state index contributed by atoms with van der Waals surface area (Å²) in [5.41, 5.74) is 3.69. The molecule has 1 aliphatic rings. The summed E-state index contributed by atoms with van der Waals surface area (Å²) in [6, 6.07) is 13.4. The number of rotatable bonds is 1. The van der Waals surface area contributed by atoms with E-state index in [1.54, 1.807) is 6.20 Å². The molecular formula is C18H13Cl2N3. The zero-order chi connectivity index (χ0) is 16.0. The van der Waals surface area contributed by atoms with Gasteiger partial charge in [0.15, 0.2) is 0 Å². The van der Waals surface area contributed by atoms with Gasteiger partial charge in [-0.2, -0.15) is 0 Å². The lowest BCUT2D eigenvalue weighted by Crippen LogP contribution is -2.07. The molecule has 0 radical (unpaired) electrons. The van der Waals surface area contributed by atoms with Crippen LogP contribution in [0.2, 0.25) is 10.0 Å². The Labute approximate surface area is 144 Å². The Kier molecular flexibility index (Phi) is 3.47. The number of hydrogen-bond donors (Lipinski definition) is 0. The van der Waals surface area contributed by atoms with Gasteiger partial charge in [0, 0.05) is 33.6 Å². The lowest BCUT2D eigenvalue weighted by molar-refractivity contribution is 0.730. The number of aromatic nitrogens is 2. The fraction of sp³-hybridized carbons (Fsp3) is 0.111. The van der Waals surface area contributed by atoms with Crippen LogP contribution in [0.15, 0.2) is 59.9 Å². The number of nitrogens with zero attached hydrogens (tertiary/aromatic N) is 3. The highest BCUT2D eigenvalue weighted by atomic mass is 35.5. The molecule has 0 saturated carbocycles. The highest BCUT2D eigenvalue weighted by Crippen LogP contribution is 2.32. The standard InChI is InChI=1S/C18H13Cl2N3/c1-11-18-21-8-9-23(18)16-7-6-12(19)10-14(16)17(22-11)13-4-2-3-5-15(13)20/h2-11H,1H3. The number of hydrogen-bond acceptors (Lipinski definition) is 2. The van der Waals surface area contributed by atoms with Crippen molar-refractivity contribution >= 4 is 28.9 Å². The van der Waals surface area contributed by atoms with Crippen molar-refractivity contribution in [2.45, 2.75) is 13.0 Å². The van der Waals surface area contributed by atoms with Crippen LogP contribution in [0.3, 0.4) is 0 Å². The molecule has 3 aromatic rings. The summed E-state index contributed by atoms with van der Waals surface area (Å²) in [6.45, 7) is 2.03. The summed E-state index contributed by atoms with van der Waals surface area (Å²) in [5.74, 6) is 0.899. The van der Waals surface area contributed by atoms with Gasteiger partial charge in [-0.3, -0.25) is 4.99 Å². The van der Waals surface area contributed by atoms with Gasteiger partial charge in [0.2, 0.25) is 0 Å². The minimum Gasteiger partial charge on any atom is -0.301 e. The highest BCUT2D eigenvalue weighted by molar-refractivity contribution is 6.36. The van der Waals surface area contributed by atoms with E-state index in [0.29, 0.717) is 10.0 Å². The number of benzene rings is 2. The molecule has 0 amide bonds. The second-order valence-electron chi connectivity index (χ2n) is 5.45. The van der Waals surface area contributed by atoms with Crippen molar-refractivity contribution in [3.05, 3.63) is 81.9 Å². The first-order chi connectivity index (χ1) is 11.1. The molecule has 5 heteroatoms. The van der Waals surface area contributed by atoms with Gasteiger partial charge in [0.25, 0.3) is 0 Å². The van der Waals surface area contributed by atoms with Crippen LogP contribution in [-0.4, -0.2) is 15.3 Å². The lowest BCUT2D eigenvalue weighted by atomic mass is 10.0. The molecule has 3 nitrogen and oxygen atoms in total. The molecule has 114 valence electrons. The summed E-state index contributed by atoms with van der Waals surface area (Å²) in [7, 11) is 0. The molecule has 1 atom stereocenters. The third-order valence-corrected chi connectivity index (χ3v) is 4.53. The molecule has 1 aliphatic heterocycles. The number of imidazole rings is 1. The van der Waals surface area contributed by atoms with E-state index in [9.17, 15) is 0 Å². The summed E-state index contributed by atoms with van der Waals surface area (Å²) >= 11 is 12.7. The molecule has 0 spiro atoms. The van der Waals surface area contributed by atoms with E-state index in [-0.39, 0.29) is 6.04 Å². The number of halogens is 2. The second-order valence-corrected chi connectivity index (χ2v) is 6.29. The van der Waals surface area contributed by atoms with Crippen LogP contribution in [-0.2, 0) is 0 Å². The van der Waals surface area contributed by atoms with Crippen LogP contribution in [0.4, 0.5) is 0 Å². The van der Waals surface area contributed by atoms with Crippen molar-refractivity contribution in [1.82, 2.24) is 9.55 Å². The molecule has 0 N–H and O–H groups in total. The van der Waals surface area contributed by atoms with Gasteiger partial charge < -0.3 is 4.57 Å². The average Bonchev–Trinajstić information content (AvgIpc) is 2.99. The van der Waals surface area contributed by atoms with E-state index >= 15 is 0 Å². The van der Waals surface area contributed by atoms with Crippen LogP contribution in [0.25, 0.3) is 5.69 Å². The molecule has 2 heterocycles. The Balaban J connectivity index is 2.05. The van der Waals surface area contributed by atoms with E-state index in [1.807, 2.05) is 55.6 Å². The van der Waals surface area contributed by atoms with Crippen molar-refractivity contribution in [2.24, 2.45) is 4.99 Å². The topological polar surface area (TPSA) is 30.2 Å². The molecule has 2 aromatic carbocycles. The Morgan fingerprint density at radius 2 is 1.87 bits per heavy atom. The zero-order valence-corrected chi connectivity index (χ0v) is 13.9. The maximum Gasteiger partial charge on any atom is 0.137 e. The molecule has 1 unspecified atom stereocenters. The molecule has 23 heavy (non-hydrogen) atoms. The monoisotopic (exact) mass is 341 g/mol. The van der Waals surface area contributed by atoms with Gasteiger partial charge in [0.05, 0.1) is 11.4 Å². The second kappa shape index (κ2) is 5.52.